The summed E-state index contributed by atoms with van der Waals surface area (Å²) in [4.78, 5) is 26.9. The summed E-state index contributed by atoms with van der Waals surface area (Å²) < 4.78 is 25.0. The molecule has 0 radical (unpaired) electrons. The second-order valence-electron chi connectivity index (χ2n) is 6.94. The third kappa shape index (κ3) is 5.20. The average Bonchev–Trinajstić information content (AvgIpc) is 3.23. The number of sulfone groups is 1. The first-order valence-electron chi connectivity index (χ1n) is 9.28. The van der Waals surface area contributed by atoms with Crippen LogP contribution in [0.3, 0.4) is 0 Å². The van der Waals surface area contributed by atoms with E-state index in [1.807, 2.05) is 13.0 Å². The first-order chi connectivity index (χ1) is 14.3. The number of hydrogen-bond acceptors (Lipinski definition) is 6. The molecule has 2 aromatic carbocycles. The van der Waals surface area contributed by atoms with E-state index in [9.17, 15) is 18.0 Å². The van der Waals surface area contributed by atoms with Crippen LogP contribution < -0.4 is 5.32 Å². The standard InChI is InChI=1S/C21H21N3O4S2/c1-15-2-8-18(9-3-15)30(27,28)11-10-20(25)24-14-29-13-19(24)21(26)23-17-6-4-16(12-22)5-7-17/h2-9,19H,10-11,13-14H2,1H3,(H,23,26). The van der Waals surface area contributed by atoms with Crippen LogP contribution in [0, 0.1) is 18.3 Å². The molecule has 156 valence electrons. The Morgan fingerprint density at radius 3 is 2.47 bits per heavy atom. The Hall–Kier alpha value is -2.83. The number of thioether (sulfide) groups is 1. The van der Waals surface area contributed by atoms with Crippen LogP contribution in [0.5, 0.6) is 0 Å². The van der Waals surface area contributed by atoms with Crippen LogP contribution in [-0.4, -0.2) is 48.6 Å². The van der Waals surface area contributed by atoms with Gasteiger partial charge in [-0.25, -0.2) is 8.42 Å². The molecule has 1 saturated heterocycles. The van der Waals surface area contributed by atoms with Gasteiger partial charge in [-0.05, 0) is 43.3 Å². The van der Waals surface area contributed by atoms with Gasteiger partial charge in [-0.1, -0.05) is 17.7 Å². The number of carbonyl (C=O) groups excluding carboxylic acids is 2. The molecule has 3 rings (SSSR count). The number of benzene rings is 2. The number of anilines is 1. The molecule has 30 heavy (non-hydrogen) atoms. The quantitative estimate of drug-likeness (QED) is 0.735. The largest absolute Gasteiger partial charge is 0.324 e. The minimum atomic E-state index is -3.58. The molecule has 1 atom stereocenters. The minimum Gasteiger partial charge on any atom is -0.324 e. The smallest absolute Gasteiger partial charge is 0.248 e. The van der Waals surface area contributed by atoms with E-state index in [0.29, 0.717) is 22.9 Å². The number of carbonyl (C=O) groups is 2. The third-order valence-corrected chi connectivity index (χ3v) is 7.50. The maximum Gasteiger partial charge on any atom is 0.248 e. The summed E-state index contributed by atoms with van der Waals surface area (Å²) in [5, 5.41) is 11.6. The fourth-order valence-corrected chi connectivity index (χ4v) is 5.40. The van der Waals surface area contributed by atoms with E-state index < -0.39 is 15.9 Å². The molecule has 0 spiro atoms. The molecule has 1 N–H and O–H groups in total. The molecule has 9 heteroatoms. The highest BCUT2D eigenvalue weighted by atomic mass is 32.2. The molecular formula is C21H21N3O4S2. The van der Waals surface area contributed by atoms with Crippen molar-refractivity contribution in [1.29, 1.82) is 5.26 Å². The molecule has 1 aliphatic rings. The lowest BCUT2D eigenvalue weighted by Gasteiger charge is -2.23. The minimum absolute atomic E-state index is 0.183. The number of nitriles is 1. The molecule has 2 amide bonds. The van der Waals surface area contributed by atoms with Gasteiger partial charge in [-0.15, -0.1) is 11.8 Å². The van der Waals surface area contributed by atoms with Crippen molar-refractivity contribution in [1.82, 2.24) is 4.90 Å². The zero-order chi connectivity index (χ0) is 21.7. The Morgan fingerprint density at radius 1 is 1.17 bits per heavy atom. The van der Waals surface area contributed by atoms with E-state index in [1.54, 1.807) is 36.4 Å². The van der Waals surface area contributed by atoms with E-state index in [2.05, 4.69) is 5.32 Å². The van der Waals surface area contributed by atoms with E-state index in [4.69, 9.17) is 5.26 Å². The van der Waals surface area contributed by atoms with Crippen molar-refractivity contribution in [3.8, 4) is 6.07 Å². The lowest BCUT2D eigenvalue weighted by Crippen LogP contribution is -2.44. The maximum absolute atomic E-state index is 12.7. The van der Waals surface area contributed by atoms with Crippen molar-refractivity contribution in [3.63, 3.8) is 0 Å². The molecule has 0 aromatic heterocycles. The van der Waals surface area contributed by atoms with Gasteiger partial charge in [0, 0.05) is 17.9 Å². The van der Waals surface area contributed by atoms with Gasteiger partial charge < -0.3 is 10.2 Å². The number of nitrogens with one attached hydrogen (secondary N) is 1. The Morgan fingerprint density at radius 2 is 1.83 bits per heavy atom. The lowest BCUT2D eigenvalue weighted by molar-refractivity contribution is -0.135. The van der Waals surface area contributed by atoms with E-state index >= 15 is 0 Å². The highest BCUT2D eigenvalue weighted by molar-refractivity contribution is 7.99. The summed E-state index contributed by atoms with van der Waals surface area (Å²) >= 11 is 1.45. The van der Waals surface area contributed by atoms with Gasteiger partial charge in [-0.2, -0.15) is 5.26 Å². The third-order valence-electron chi connectivity index (χ3n) is 4.75. The lowest BCUT2D eigenvalue weighted by atomic mass is 10.2. The fraction of sp³-hybridized carbons (Fsp3) is 0.286. The Kier molecular flexibility index (Phi) is 6.80. The summed E-state index contributed by atoms with van der Waals surface area (Å²) in [5.74, 6) is -0.219. The summed E-state index contributed by atoms with van der Waals surface area (Å²) in [7, 11) is -3.58. The molecular weight excluding hydrogens is 422 g/mol. The van der Waals surface area contributed by atoms with Gasteiger partial charge >= 0.3 is 0 Å². The first-order valence-corrected chi connectivity index (χ1v) is 12.1. The first kappa shape index (κ1) is 21.9. The molecule has 1 fully saturated rings. The van der Waals surface area contributed by atoms with Gasteiger partial charge in [0.2, 0.25) is 11.8 Å². The highest BCUT2D eigenvalue weighted by Gasteiger charge is 2.35. The Bertz CT molecular complexity index is 1070. The van der Waals surface area contributed by atoms with Crippen molar-refractivity contribution >= 4 is 39.1 Å². The normalized spacial score (nSPS) is 16.1. The van der Waals surface area contributed by atoms with Crippen LogP contribution in [-0.2, 0) is 19.4 Å². The highest BCUT2D eigenvalue weighted by Crippen LogP contribution is 2.24. The van der Waals surface area contributed by atoms with Gasteiger partial charge in [0.05, 0.1) is 28.2 Å². The fourth-order valence-electron chi connectivity index (χ4n) is 2.99. The topological polar surface area (TPSA) is 107 Å². The summed E-state index contributed by atoms with van der Waals surface area (Å²) in [6, 6.07) is 14.3. The Balaban J connectivity index is 1.61. The summed E-state index contributed by atoms with van der Waals surface area (Å²) in [5.41, 5.74) is 1.97. The Labute approximate surface area is 180 Å². The molecule has 1 unspecified atom stereocenters. The second kappa shape index (κ2) is 9.32. The molecule has 1 heterocycles. The SMILES string of the molecule is Cc1ccc(S(=O)(=O)CCC(=O)N2CSCC2C(=O)Nc2ccc(C#N)cc2)cc1. The van der Waals surface area contributed by atoms with Crippen LogP contribution in [0.2, 0.25) is 0 Å². The molecule has 1 aliphatic heterocycles. The number of aryl methyl sites for hydroxylation is 1. The molecule has 2 aromatic rings. The van der Waals surface area contributed by atoms with Gasteiger partial charge in [0.15, 0.2) is 9.84 Å². The van der Waals surface area contributed by atoms with Crippen molar-refractivity contribution in [2.24, 2.45) is 0 Å². The molecule has 0 saturated carbocycles. The van der Waals surface area contributed by atoms with Crippen molar-refractivity contribution in [2.45, 2.75) is 24.3 Å². The zero-order valence-electron chi connectivity index (χ0n) is 16.4. The second-order valence-corrected chi connectivity index (χ2v) is 10.0. The van der Waals surface area contributed by atoms with Gasteiger partial charge in [0.25, 0.3) is 0 Å². The van der Waals surface area contributed by atoms with E-state index in [-0.39, 0.29) is 28.9 Å². The van der Waals surface area contributed by atoms with Crippen LogP contribution in [0.1, 0.15) is 17.5 Å². The van der Waals surface area contributed by atoms with Crippen LogP contribution in [0.4, 0.5) is 5.69 Å². The van der Waals surface area contributed by atoms with Gasteiger partial charge in [-0.3, -0.25) is 9.59 Å². The molecule has 0 bridgehead atoms. The zero-order valence-corrected chi connectivity index (χ0v) is 18.0. The summed E-state index contributed by atoms with van der Waals surface area (Å²) in [6.45, 7) is 1.87. The predicted molar refractivity (Wildman–Crippen MR) is 116 cm³/mol. The monoisotopic (exact) mass is 443 g/mol. The number of nitrogens with zero attached hydrogens (tertiary/aromatic N) is 2. The van der Waals surface area contributed by atoms with Gasteiger partial charge in [0.1, 0.15) is 6.04 Å². The number of rotatable bonds is 6. The van der Waals surface area contributed by atoms with Crippen LogP contribution in [0.15, 0.2) is 53.4 Å². The summed E-state index contributed by atoms with van der Waals surface area (Å²) in [6.07, 6.45) is -0.183. The van der Waals surface area contributed by atoms with Crippen LogP contribution >= 0.6 is 11.8 Å². The van der Waals surface area contributed by atoms with E-state index in [0.717, 1.165) is 5.56 Å². The predicted octanol–water partition coefficient (Wildman–Crippen LogP) is 2.57. The average molecular weight is 444 g/mol. The van der Waals surface area contributed by atoms with E-state index in [1.165, 1.54) is 28.8 Å². The van der Waals surface area contributed by atoms with Crippen molar-refractivity contribution < 1.29 is 18.0 Å². The molecule has 7 nitrogen and oxygen atoms in total. The number of hydrogen-bond donors (Lipinski definition) is 1. The van der Waals surface area contributed by atoms with Crippen LogP contribution in [0.25, 0.3) is 0 Å². The maximum atomic E-state index is 12.7. The van der Waals surface area contributed by atoms with Crippen molar-refractivity contribution in [2.75, 3.05) is 22.7 Å². The molecule has 0 aliphatic carbocycles. The van der Waals surface area contributed by atoms with Crippen molar-refractivity contribution in [3.05, 3.63) is 59.7 Å². The number of amides is 2.